The molecule has 4 nitrogen and oxygen atoms in total. The Morgan fingerprint density at radius 2 is 1.90 bits per heavy atom. The molecule has 0 spiro atoms. The maximum atomic E-state index is 12.3. The minimum Gasteiger partial charge on any atom is -0.494 e. The first-order valence-electron chi connectivity index (χ1n) is 5.88. The van der Waals surface area contributed by atoms with Crippen molar-refractivity contribution in [2.24, 2.45) is 0 Å². The molecular formula is C12H12F3N3OS. The molecule has 8 heteroatoms. The number of hydrogen-bond donors (Lipinski definition) is 1. The Hall–Kier alpha value is -1.83. The van der Waals surface area contributed by atoms with Gasteiger partial charge in [-0.3, -0.25) is 0 Å². The van der Waals surface area contributed by atoms with E-state index < -0.39 is 11.2 Å². The highest BCUT2D eigenvalue weighted by molar-refractivity contribution is 7.15. The molecule has 1 aromatic carbocycles. The SMILES string of the molecule is FC(F)(F)c1nnc(NCCCOc2ccccc2)s1. The largest absolute Gasteiger partial charge is 0.494 e. The first-order valence-corrected chi connectivity index (χ1v) is 6.70. The van der Waals surface area contributed by atoms with E-state index in [1.54, 1.807) is 0 Å². The third-order valence-electron chi connectivity index (χ3n) is 2.28. The lowest BCUT2D eigenvalue weighted by molar-refractivity contribution is -0.138. The second-order valence-electron chi connectivity index (χ2n) is 3.85. The van der Waals surface area contributed by atoms with Crippen molar-refractivity contribution in [3.8, 4) is 5.75 Å². The molecule has 0 atom stereocenters. The van der Waals surface area contributed by atoms with E-state index in [-0.39, 0.29) is 5.13 Å². The number of benzene rings is 1. The number of anilines is 1. The van der Waals surface area contributed by atoms with Crippen LogP contribution < -0.4 is 10.1 Å². The van der Waals surface area contributed by atoms with Gasteiger partial charge in [0.15, 0.2) is 0 Å². The smallest absolute Gasteiger partial charge is 0.445 e. The van der Waals surface area contributed by atoms with Crippen LogP contribution in [0.5, 0.6) is 5.75 Å². The summed E-state index contributed by atoms with van der Waals surface area (Å²) in [5.74, 6) is 0.766. The maximum absolute atomic E-state index is 12.3. The van der Waals surface area contributed by atoms with Crippen LogP contribution in [0, 0.1) is 0 Å². The van der Waals surface area contributed by atoms with E-state index in [0.717, 1.165) is 5.75 Å². The van der Waals surface area contributed by atoms with Gasteiger partial charge in [-0.15, -0.1) is 10.2 Å². The number of hydrogen-bond acceptors (Lipinski definition) is 5. The summed E-state index contributed by atoms with van der Waals surface area (Å²) in [7, 11) is 0. The molecule has 0 unspecified atom stereocenters. The van der Waals surface area contributed by atoms with E-state index in [2.05, 4.69) is 15.5 Å². The van der Waals surface area contributed by atoms with Crippen LogP contribution in [-0.4, -0.2) is 23.3 Å². The fourth-order valence-electron chi connectivity index (χ4n) is 1.38. The molecule has 1 aromatic heterocycles. The number of nitrogens with zero attached hydrogens (tertiary/aromatic N) is 2. The van der Waals surface area contributed by atoms with Crippen molar-refractivity contribution >= 4 is 16.5 Å². The molecule has 0 aliphatic carbocycles. The second kappa shape index (κ2) is 6.56. The van der Waals surface area contributed by atoms with Crippen molar-refractivity contribution in [3.63, 3.8) is 0 Å². The summed E-state index contributed by atoms with van der Waals surface area (Å²) in [4.78, 5) is 0. The fraction of sp³-hybridized carbons (Fsp3) is 0.333. The standard InChI is InChI=1S/C12H12F3N3OS/c13-12(14,15)10-17-18-11(20-10)16-7-4-8-19-9-5-2-1-3-6-9/h1-3,5-6H,4,7-8H2,(H,16,18). The molecule has 0 bridgehead atoms. The van der Waals surface area contributed by atoms with E-state index in [9.17, 15) is 13.2 Å². The van der Waals surface area contributed by atoms with E-state index >= 15 is 0 Å². The van der Waals surface area contributed by atoms with Gasteiger partial charge in [0.1, 0.15) is 5.75 Å². The van der Waals surface area contributed by atoms with Gasteiger partial charge >= 0.3 is 6.18 Å². The summed E-state index contributed by atoms with van der Waals surface area (Å²) in [6, 6.07) is 9.31. The molecule has 108 valence electrons. The van der Waals surface area contributed by atoms with E-state index in [0.29, 0.717) is 30.9 Å². The van der Waals surface area contributed by atoms with Gasteiger partial charge < -0.3 is 10.1 Å². The molecular weight excluding hydrogens is 291 g/mol. The van der Waals surface area contributed by atoms with Crippen LogP contribution in [0.4, 0.5) is 18.3 Å². The molecule has 1 N–H and O–H groups in total. The van der Waals surface area contributed by atoms with Crippen molar-refractivity contribution in [2.75, 3.05) is 18.5 Å². The molecule has 0 amide bonds. The number of para-hydroxylation sites is 1. The topological polar surface area (TPSA) is 47.0 Å². The molecule has 0 saturated heterocycles. The third kappa shape index (κ3) is 4.37. The van der Waals surface area contributed by atoms with E-state index in [1.807, 2.05) is 30.3 Å². The molecule has 0 radical (unpaired) electrons. The lowest BCUT2D eigenvalue weighted by Crippen LogP contribution is -2.07. The van der Waals surface area contributed by atoms with Gasteiger partial charge in [0.2, 0.25) is 10.1 Å². The van der Waals surface area contributed by atoms with Crippen molar-refractivity contribution < 1.29 is 17.9 Å². The van der Waals surface area contributed by atoms with Gasteiger partial charge in [-0.25, -0.2) is 0 Å². The summed E-state index contributed by atoms with van der Waals surface area (Å²) in [6.45, 7) is 0.946. The normalized spacial score (nSPS) is 11.3. The monoisotopic (exact) mass is 303 g/mol. The fourth-order valence-corrected chi connectivity index (χ4v) is 2.02. The minimum absolute atomic E-state index is 0.164. The first kappa shape index (κ1) is 14.6. The number of rotatable bonds is 6. The molecule has 0 saturated carbocycles. The Morgan fingerprint density at radius 3 is 2.55 bits per heavy atom. The summed E-state index contributed by atoms with van der Waals surface area (Å²) < 4.78 is 42.3. The van der Waals surface area contributed by atoms with Crippen molar-refractivity contribution in [1.82, 2.24) is 10.2 Å². The Kier molecular flexibility index (Phi) is 4.78. The van der Waals surface area contributed by atoms with Gasteiger partial charge in [-0.05, 0) is 18.6 Å². The lowest BCUT2D eigenvalue weighted by Gasteiger charge is -2.05. The molecule has 2 aromatic rings. The van der Waals surface area contributed by atoms with Crippen LogP contribution >= 0.6 is 11.3 Å². The van der Waals surface area contributed by atoms with Crippen LogP contribution in [0.3, 0.4) is 0 Å². The Bertz CT molecular complexity index is 530. The van der Waals surface area contributed by atoms with Gasteiger partial charge in [0, 0.05) is 6.54 Å². The maximum Gasteiger partial charge on any atom is 0.445 e. The highest BCUT2D eigenvalue weighted by Crippen LogP contribution is 2.32. The van der Waals surface area contributed by atoms with Gasteiger partial charge in [0.05, 0.1) is 6.61 Å². The van der Waals surface area contributed by atoms with Crippen molar-refractivity contribution in [2.45, 2.75) is 12.6 Å². The summed E-state index contributed by atoms with van der Waals surface area (Å²) >= 11 is 0.495. The van der Waals surface area contributed by atoms with Gasteiger partial charge in [-0.2, -0.15) is 13.2 Å². The van der Waals surface area contributed by atoms with Crippen LogP contribution in [0.2, 0.25) is 0 Å². The Labute approximate surface area is 117 Å². The third-order valence-corrected chi connectivity index (χ3v) is 3.20. The predicted octanol–water partition coefficient (Wildman–Crippen LogP) is 3.44. The van der Waals surface area contributed by atoms with E-state index in [1.165, 1.54) is 0 Å². The highest BCUT2D eigenvalue weighted by atomic mass is 32.1. The number of aromatic nitrogens is 2. The lowest BCUT2D eigenvalue weighted by atomic mass is 10.3. The van der Waals surface area contributed by atoms with Crippen LogP contribution in [0.15, 0.2) is 30.3 Å². The zero-order valence-corrected chi connectivity index (χ0v) is 11.2. The summed E-state index contributed by atoms with van der Waals surface area (Å²) in [5, 5.41) is 8.53. The van der Waals surface area contributed by atoms with Crippen LogP contribution in [0.1, 0.15) is 11.4 Å². The number of ether oxygens (including phenoxy) is 1. The number of nitrogens with one attached hydrogen (secondary N) is 1. The predicted molar refractivity (Wildman–Crippen MR) is 70.0 cm³/mol. The Balaban J connectivity index is 1.67. The zero-order valence-electron chi connectivity index (χ0n) is 10.4. The zero-order chi connectivity index (χ0) is 14.4. The van der Waals surface area contributed by atoms with Crippen molar-refractivity contribution in [1.29, 1.82) is 0 Å². The van der Waals surface area contributed by atoms with Crippen LogP contribution in [0.25, 0.3) is 0 Å². The number of alkyl halides is 3. The second-order valence-corrected chi connectivity index (χ2v) is 4.83. The first-order chi connectivity index (χ1) is 9.55. The summed E-state index contributed by atoms with van der Waals surface area (Å²) in [5.41, 5.74) is 0. The quantitative estimate of drug-likeness (QED) is 0.830. The molecule has 0 fully saturated rings. The molecule has 2 rings (SSSR count). The number of halogens is 3. The average molecular weight is 303 g/mol. The van der Waals surface area contributed by atoms with Gasteiger partial charge in [0.25, 0.3) is 0 Å². The van der Waals surface area contributed by atoms with Crippen molar-refractivity contribution in [3.05, 3.63) is 35.3 Å². The van der Waals surface area contributed by atoms with Gasteiger partial charge in [-0.1, -0.05) is 29.5 Å². The van der Waals surface area contributed by atoms with E-state index in [4.69, 9.17) is 4.74 Å². The Morgan fingerprint density at radius 1 is 1.15 bits per heavy atom. The molecule has 0 aliphatic heterocycles. The molecule has 0 aliphatic rings. The minimum atomic E-state index is -4.44. The molecule has 20 heavy (non-hydrogen) atoms. The molecule has 1 heterocycles. The van der Waals surface area contributed by atoms with Crippen LogP contribution in [-0.2, 0) is 6.18 Å². The summed E-state index contributed by atoms with van der Waals surface area (Å²) in [6.07, 6.45) is -3.79. The average Bonchev–Trinajstić information content (AvgIpc) is 2.88. The highest BCUT2D eigenvalue weighted by Gasteiger charge is 2.35.